The second-order valence-corrected chi connectivity index (χ2v) is 14.4. The number of methoxy groups -OCH3 is 2. The van der Waals surface area contributed by atoms with Crippen LogP contribution in [-0.4, -0.2) is 54.8 Å². The Morgan fingerprint density at radius 1 is 0.909 bits per heavy atom. The average molecular weight is 778 g/mol. The van der Waals surface area contributed by atoms with E-state index in [1.807, 2.05) is 42.5 Å². The molecule has 2 saturated heterocycles. The fourth-order valence-electron chi connectivity index (χ4n) is 7.69. The Balaban J connectivity index is 1.14. The Morgan fingerprint density at radius 2 is 1.73 bits per heavy atom. The minimum Gasteiger partial charge on any atom is -0.496 e. The van der Waals surface area contributed by atoms with Gasteiger partial charge in [-0.1, -0.05) is 41.9 Å². The highest BCUT2D eigenvalue weighted by Crippen LogP contribution is 2.44. The molecule has 4 aromatic rings. The van der Waals surface area contributed by atoms with Gasteiger partial charge in [-0.3, -0.25) is 19.9 Å². The number of pyridine rings is 2. The van der Waals surface area contributed by atoms with Gasteiger partial charge in [-0.15, -0.1) is 0 Å². The Hall–Kier alpha value is -4.92. The van der Waals surface area contributed by atoms with Crippen LogP contribution in [0.15, 0.2) is 54.7 Å². The molecule has 7 rings (SSSR count). The van der Waals surface area contributed by atoms with E-state index in [4.69, 9.17) is 21.1 Å². The van der Waals surface area contributed by atoms with Gasteiger partial charge in [-0.25, -0.2) is 0 Å². The van der Waals surface area contributed by atoms with Gasteiger partial charge in [0.15, 0.2) is 0 Å². The van der Waals surface area contributed by atoms with Crippen molar-refractivity contribution in [3.8, 4) is 34.0 Å². The number of carbonyl (C=O) groups is 2. The van der Waals surface area contributed by atoms with Gasteiger partial charge >= 0.3 is 6.18 Å². The topological polar surface area (TPSA) is 139 Å². The van der Waals surface area contributed by atoms with E-state index in [0.717, 1.165) is 52.3 Å². The van der Waals surface area contributed by atoms with Gasteiger partial charge in [0, 0.05) is 67.0 Å². The van der Waals surface area contributed by atoms with Crippen LogP contribution in [0.2, 0.25) is 5.02 Å². The van der Waals surface area contributed by atoms with Crippen molar-refractivity contribution < 1.29 is 32.2 Å². The minimum absolute atomic E-state index is 0.0330. The molecule has 0 bridgehead atoms. The van der Waals surface area contributed by atoms with Crippen LogP contribution in [0.3, 0.4) is 0 Å². The van der Waals surface area contributed by atoms with Crippen molar-refractivity contribution in [1.82, 2.24) is 31.2 Å². The lowest BCUT2D eigenvalue weighted by molar-refractivity contribution is -0.137. The van der Waals surface area contributed by atoms with Crippen molar-refractivity contribution in [1.29, 1.82) is 0 Å². The number of ether oxygens (including phenoxy) is 2. The predicted molar refractivity (Wildman–Crippen MR) is 203 cm³/mol. The number of halogens is 4. The summed E-state index contributed by atoms with van der Waals surface area (Å²) >= 11 is 7.14. The van der Waals surface area contributed by atoms with Crippen LogP contribution in [0.25, 0.3) is 22.4 Å². The Labute approximate surface area is 322 Å². The van der Waals surface area contributed by atoms with E-state index in [1.54, 1.807) is 13.3 Å². The average Bonchev–Trinajstić information content (AvgIpc) is 3.80. The van der Waals surface area contributed by atoms with Crippen LogP contribution in [0.1, 0.15) is 72.4 Å². The Morgan fingerprint density at radius 3 is 2.45 bits per heavy atom. The first-order valence-electron chi connectivity index (χ1n) is 18.4. The lowest BCUT2D eigenvalue weighted by Crippen LogP contribution is -2.38. The fourth-order valence-corrected chi connectivity index (χ4v) is 8.01. The summed E-state index contributed by atoms with van der Waals surface area (Å²) in [6.45, 7) is 1.24. The lowest BCUT2D eigenvalue weighted by Gasteiger charge is -2.30. The first-order valence-corrected chi connectivity index (χ1v) is 18.8. The standard InChI is InChI=1S/C40H43ClF3N7O4/c1-54-32-18-22(9-10-23(32)19-45-21-25-11-13-34(52)48-25)37-36(41)29(15-16-46-37)27-5-3-7-28-26(27)6-4-8-31(28)49-38-30(40(42,43)44)17-24(39(51-38)55-2)20-47-33-12-14-35(53)50-33/h3,5,7,9-10,15-18,25,31,33,45,47H,4,6,8,11-14,19-21H2,1-2H3,(H,48,52)(H,49,51)(H,50,53)/t25?,31-,33?/m1/s1. The highest BCUT2D eigenvalue weighted by molar-refractivity contribution is 6.35. The van der Waals surface area contributed by atoms with Crippen LogP contribution < -0.4 is 36.1 Å². The van der Waals surface area contributed by atoms with Gasteiger partial charge in [0.25, 0.3) is 0 Å². The normalized spacial score (nSPS) is 19.5. The zero-order valence-electron chi connectivity index (χ0n) is 30.5. The zero-order valence-corrected chi connectivity index (χ0v) is 31.3. The molecular weight excluding hydrogens is 735 g/mol. The molecule has 0 spiro atoms. The van der Waals surface area contributed by atoms with Crippen LogP contribution in [0.4, 0.5) is 19.0 Å². The Bertz CT molecular complexity index is 2080. The van der Waals surface area contributed by atoms with E-state index in [1.165, 1.54) is 7.11 Å². The molecule has 3 atom stereocenters. The maximum absolute atomic E-state index is 14.6. The zero-order chi connectivity index (χ0) is 38.7. The minimum atomic E-state index is -4.69. The van der Waals surface area contributed by atoms with Crippen molar-refractivity contribution in [2.24, 2.45) is 0 Å². The third-order valence-electron chi connectivity index (χ3n) is 10.4. The molecule has 2 fully saturated rings. The highest BCUT2D eigenvalue weighted by Gasteiger charge is 2.37. The van der Waals surface area contributed by atoms with E-state index in [9.17, 15) is 22.8 Å². The van der Waals surface area contributed by atoms with Gasteiger partial charge in [-0.05, 0) is 67.0 Å². The highest BCUT2D eigenvalue weighted by atomic mass is 35.5. The molecule has 5 N–H and O–H groups in total. The summed E-state index contributed by atoms with van der Waals surface area (Å²) in [5, 5.41) is 15.8. The lowest BCUT2D eigenvalue weighted by atomic mass is 9.83. The smallest absolute Gasteiger partial charge is 0.419 e. The summed E-state index contributed by atoms with van der Waals surface area (Å²) in [5.41, 5.74) is 5.12. The molecular formula is C40H43ClF3N7O4. The molecule has 15 heteroatoms. The summed E-state index contributed by atoms with van der Waals surface area (Å²) < 4.78 is 54.9. The van der Waals surface area contributed by atoms with Gasteiger partial charge < -0.3 is 30.7 Å². The molecule has 0 radical (unpaired) electrons. The second kappa shape index (κ2) is 16.4. The fraction of sp³-hybridized carbons (Fsp3) is 0.400. The van der Waals surface area contributed by atoms with Crippen molar-refractivity contribution in [2.75, 3.05) is 26.1 Å². The van der Waals surface area contributed by atoms with Crippen molar-refractivity contribution in [2.45, 2.75) is 82.5 Å². The van der Waals surface area contributed by atoms with Gasteiger partial charge in [0.1, 0.15) is 11.6 Å². The maximum atomic E-state index is 14.6. The number of alkyl halides is 3. The number of amides is 2. The molecule has 3 aliphatic rings. The first-order chi connectivity index (χ1) is 26.5. The quantitative estimate of drug-likeness (QED) is 0.101. The molecule has 2 aliphatic heterocycles. The number of rotatable bonds is 13. The van der Waals surface area contributed by atoms with E-state index in [2.05, 4.69) is 36.6 Å². The van der Waals surface area contributed by atoms with E-state index in [0.29, 0.717) is 61.7 Å². The number of nitrogens with one attached hydrogen (secondary N) is 5. The number of nitrogens with zero attached hydrogens (tertiary/aromatic N) is 2. The summed E-state index contributed by atoms with van der Waals surface area (Å²) in [7, 11) is 2.98. The molecule has 2 amide bonds. The number of hydrogen-bond acceptors (Lipinski definition) is 9. The molecule has 2 aromatic heterocycles. The van der Waals surface area contributed by atoms with E-state index in [-0.39, 0.29) is 47.8 Å². The Kier molecular flexibility index (Phi) is 11.5. The number of carbonyl (C=O) groups excluding carboxylic acids is 2. The van der Waals surface area contributed by atoms with Crippen molar-refractivity contribution in [3.63, 3.8) is 0 Å². The number of aromatic nitrogens is 2. The van der Waals surface area contributed by atoms with Gasteiger partial charge in [-0.2, -0.15) is 18.2 Å². The van der Waals surface area contributed by atoms with Gasteiger partial charge in [0.2, 0.25) is 17.7 Å². The number of benzene rings is 2. The summed E-state index contributed by atoms with van der Waals surface area (Å²) in [6, 6.07) is 14.2. The molecule has 11 nitrogen and oxygen atoms in total. The van der Waals surface area contributed by atoms with Crippen molar-refractivity contribution in [3.05, 3.63) is 87.6 Å². The molecule has 4 heterocycles. The predicted octanol–water partition coefficient (Wildman–Crippen LogP) is 6.68. The summed E-state index contributed by atoms with van der Waals surface area (Å²) in [4.78, 5) is 32.1. The number of fused-ring (bicyclic) bond motifs is 1. The molecule has 290 valence electrons. The largest absolute Gasteiger partial charge is 0.496 e. The number of hydrogen-bond donors (Lipinski definition) is 5. The monoisotopic (exact) mass is 777 g/mol. The third kappa shape index (κ3) is 8.51. The number of anilines is 1. The van der Waals surface area contributed by atoms with Crippen LogP contribution in [0.5, 0.6) is 11.6 Å². The second-order valence-electron chi connectivity index (χ2n) is 14.0. The third-order valence-corrected chi connectivity index (χ3v) is 10.8. The van der Waals surface area contributed by atoms with E-state index >= 15 is 0 Å². The molecule has 2 aromatic carbocycles. The van der Waals surface area contributed by atoms with Gasteiger partial charge in [0.05, 0.1) is 42.7 Å². The molecule has 1 aliphatic carbocycles. The van der Waals surface area contributed by atoms with E-state index < -0.39 is 17.8 Å². The van der Waals surface area contributed by atoms with Crippen molar-refractivity contribution >= 4 is 29.2 Å². The molecule has 0 saturated carbocycles. The molecule has 55 heavy (non-hydrogen) atoms. The van der Waals surface area contributed by atoms with Crippen LogP contribution in [0, 0.1) is 0 Å². The summed E-state index contributed by atoms with van der Waals surface area (Å²) in [5.74, 6) is 0.394. The van der Waals surface area contributed by atoms with Crippen LogP contribution in [-0.2, 0) is 35.3 Å². The first kappa shape index (κ1) is 38.4. The summed E-state index contributed by atoms with van der Waals surface area (Å²) in [6.07, 6.45) is 0.967. The van der Waals surface area contributed by atoms with Crippen LogP contribution >= 0.6 is 11.6 Å². The SMILES string of the molecule is COc1cc(-c2nccc(-c3cccc4c3CCC[C@H]4Nc3nc(OC)c(CNC4CCC(=O)N4)cc3C(F)(F)F)c2Cl)ccc1CNCC1CCC(=O)N1. The maximum Gasteiger partial charge on any atom is 0.419 e. The molecule has 2 unspecified atom stereocenters.